The smallest absolute Gasteiger partial charge is 0.238 e. The lowest BCUT2D eigenvalue weighted by molar-refractivity contribution is 0.210. The van der Waals surface area contributed by atoms with Gasteiger partial charge >= 0.3 is 0 Å². The summed E-state index contributed by atoms with van der Waals surface area (Å²) in [5, 5.41) is 40.6. The van der Waals surface area contributed by atoms with Crippen molar-refractivity contribution in [3.63, 3.8) is 0 Å². The molecule has 7 nitrogen and oxygen atoms in total. The standard InChI is InChI=1S/C21H20O7/c1-10(2)14(22)8-13-15(23)9-16(24)17-18(25)19(26)20(28-21(13)17)11-4-6-12(27-3)7-5-11/h4-7,9,14,22-24,26H,1,8H2,2-3H3/t14-/m0/s1. The molecule has 0 amide bonds. The molecule has 0 saturated heterocycles. The SMILES string of the molecule is C=C(C)[C@@H](O)Cc1c(O)cc(O)c2c(=O)c(O)c(-c3ccc(OC)cc3)oc12. The van der Waals surface area contributed by atoms with E-state index in [1.54, 1.807) is 31.2 Å². The van der Waals surface area contributed by atoms with Crippen LogP contribution < -0.4 is 10.2 Å². The van der Waals surface area contributed by atoms with Crippen LogP contribution in [0.2, 0.25) is 0 Å². The van der Waals surface area contributed by atoms with Crippen molar-refractivity contribution in [1.29, 1.82) is 0 Å². The summed E-state index contributed by atoms with van der Waals surface area (Å²) in [4.78, 5) is 12.7. The average molecular weight is 384 g/mol. The maximum atomic E-state index is 12.7. The summed E-state index contributed by atoms with van der Waals surface area (Å²) in [5.41, 5.74) is 0.000808. The number of methoxy groups -OCH3 is 1. The zero-order valence-corrected chi connectivity index (χ0v) is 15.4. The first-order chi connectivity index (χ1) is 13.2. The molecule has 0 aliphatic rings. The fraction of sp³-hybridized carbons (Fsp3) is 0.190. The Hall–Kier alpha value is -3.45. The molecule has 4 N–H and O–H groups in total. The molecule has 0 unspecified atom stereocenters. The first kappa shape index (κ1) is 19.3. The second-order valence-corrected chi connectivity index (χ2v) is 6.50. The molecule has 0 radical (unpaired) electrons. The zero-order valence-electron chi connectivity index (χ0n) is 15.4. The number of ether oxygens (including phenoxy) is 1. The Balaban J connectivity index is 2.31. The van der Waals surface area contributed by atoms with Crippen LogP contribution in [-0.2, 0) is 6.42 Å². The van der Waals surface area contributed by atoms with Crippen LogP contribution in [-0.4, -0.2) is 33.6 Å². The zero-order chi connectivity index (χ0) is 20.6. The van der Waals surface area contributed by atoms with E-state index in [1.807, 2.05) is 0 Å². The molecule has 0 saturated carbocycles. The second kappa shape index (κ2) is 7.28. The lowest BCUT2D eigenvalue weighted by Gasteiger charge is -2.15. The highest BCUT2D eigenvalue weighted by Crippen LogP contribution is 2.39. The molecule has 3 aromatic rings. The predicted octanol–water partition coefficient (Wildman–Crippen LogP) is 3.06. The molecule has 1 aromatic heterocycles. The van der Waals surface area contributed by atoms with E-state index in [-0.39, 0.29) is 34.5 Å². The number of aliphatic hydroxyl groups excluding tert-OH is 1. The molecule has 1 heterocycles. The van der Waals surface area contributed by atoms with Gasteiger partial charge in [0.25, 0.3) is 0 Å². The molecular weight excluding hydrogens is 364 g/mol. The Labute approximate surface area is 160 Å². The van der Waals surface area contributed by atoms with Gasteiger partial charge in [-0.3, -0.25) is 4.79 Å². The third-order valence-electron chi connectivity index (χ3n) is 4.52. The van der Waals surface area contributed by atoms with Gasteiger partial charge < -0.3 is 29.6 Å². The van der Waals surface area contributed by atoms with Gasteiger partial charge in [-0.05, 0) is 31.2 Å². The summed E-state index contributed by atoms with van der Waals surface area (Å²) >= 11 is 0. The Morgan fingerprint density at radius 1 is 1.18 bits per heavy atom. The molecule has 0 aliphatic heterocycles. The number of rotatable bonds is 5. The monoisotopic (exact) mass is 384 g/mol. The third kappa shape index (κ3) is 3.27. The highest BCUT2D eigenvalue weighted by atomic mass is 16.5. The maximum absolute atomic E-state index is 12.7. The van der Waals surface area contributed by atoms with Crippen molar-refractivity contribution in [2.45, 2.75) is 19.4 Å². The lowest BCUT2D eigenvalue weighted by Crippen LogP contribution is -2.13. The number of benzene rings is 2. The largest absolute Gasteiger partial charge is 0.507 e. The summed E-state index contributed by atoms with van der Waals surface area (Å²) in [6.07, 6.45) is -1.09. The first-order valence-corrected chi connectivity index (χ1v) is 8.46. The average Bonchev–Trinajstić information content (AvgIpc) is 2.67. The number of hydrogen-bond donors (Lipinski definition) is 4. The van der Waals surface area contributed by atoms with E-state index in [4.69, 9.17) is 9.15 Å². The number of fused-ring (bicyclic) bond motifs is 1. The van der Waals surface area contributed by atoms with Gasteiger partial charge in [0.1, 0.15) is 28.2 Å². The molecular formula is C21H20O7. The molecule has 1 atom stereocenters. The van der Waals surface area contributed by atoms with E-state index >= 15 is 0 Å². The topological polar surface area (TPSA) is 120 Å². The summed E-state index contributed by atoms with van der Waals surface area (Å²) < 4.78 is 10.8. The Morgan fingerprint density at radius 2 is 1.82 bits per heavy atom. The van der Waals surface area contributed by atoms with Gasteiger partial charge in [-0.2, -0.15) is 0 Å². The Kier molecular flexibility index (Phi) is 5.02. The normalized spacial score (nSPS) is 12.1. The predicted molar refractivity (Wildman–Crippen MR) is 104 cm³/mol. The molecule has 28 heavy (non-hydrogen) atoms. The summed E-state index contributed by atoms with van der Waals surface area (Å²) in [6.45, 7) is 5.29. The number of aliphatic hydroxyl groups is 1. The van der Waals surface area contributed by atoms with Gasteiger partial charge in [0, 0.05) is 23.6 Å². The van der Waals surface area contributed by atoms with Crippen LogP contribution in [0.25, 0.3) is 22.3 Å². The Morgan fingerprint density at radius 3 is 2.39 bits per heavy atom. The minimum atomic E-state index is -0.998. The Bertz CT molecular complexity index is 1110. The highest BCUT2D eigenvalue weighted by Gasteiger charge is 2.24. The van der Waals surface area contributed by atoms with Crippen molar-refractivity contribution in [2.75, 3.05) is 7.11 Å². The van der Waals surface area contributed by atoms with Gasteiger partial charge in [-0.1, -0.05) is 12.2 Å². The minimum absolute atomic E-state index is 0.0896. The van der Waals surface area contributed by atoms with Crippen molar-refractivity contribution < 1.29 is 29.6 Å². The quantitative estimate of drug-likeness (QED) is 0.499. The van der Waals surface area contributed by atoms with E-state index in [0.29, 0.717) is 16.9 Å². The summed E-state index contributed by atoms with van der Waals surface area (Å²) in [7, 11) is 1.51. The van der Waals surface area contributed by atoms with Crippen molar-refractivity contribution in [2.24, 2.45) is 0 Å². The van der Waals surface area contributed by atoms with Crippen molar-refractivity contribution in [1.82, 2.24) is 0 Å². The number of aromatic hydroxyl groups is 3. The van der Waals surface area contributed by atoms with Crippen LogP contribution in [0.1, 0.15) is 12.5 Å². The first-order valence-electron chi connectivity index (χ1n) is 8.46. The van der Waals surface area contributed by atoms with Gasteiger partial charge in [0.15, 0.2) is 5.76 Å². The minimum Gasteiger partial charge on any atom is -0.507 e. The van der Waals surface area contributed by atoms with Crippen LogP contribution in [0.15, 0.2) is 51.7 Å². The fourth-order valence-corrected chi connectivity index (χ4v) is 2.88. The van der Waals surface area contributed by atoms with E-state index in [9.17, 15) is 25.2 Å². The third-order valence-corrected chi connectivity index (χ3v) is 4.52. The lowest BCUT2D eigenvalue weighted by atomic mass is 9.99. The van der Waals surface area contributed by atoms with Gasteiger partial charge in [-0.25, -0.2) is 0 Å². The van der Waals surface area contributed by atoms with Crippen LogP contribution in [0.5, 0.6) is 23.0 Å². The molecule has 0 spiro atoms. The van der Waals surface area contributed by atoms with Gasteiger partial charge in [0.05, 0.1) is 13.2 Å². The van der Waals surface area contributed by atoms with Crippen molar-refractivity contribution in [3.8, 4) is 34.3 Å². The number of phenols is 2. The van der Waals surface area contributed by atoms with Crippen molar-refractivity contribution >= 4 is 11.0 Å². The molecule has 0 bridgehead atoms. The van der Waals surface area contributed by atoms with E-state index in [0.717, 1.165) is 6.07 Å². The summed E-state index contributed by atoms with van der Waals surface area (Å²) in [5.74, 6) is -1.11. The highest BCUT2D eigenvalue weighted by molar-refractivity contribution is 5.91. The van der Waals surface area contributed by atoms with Crippen LogP contribution in [0, 0.1) is 0 Å². The maximum Gasteiger partial charge on any atom is 0.238 e. The number of hydrogen-bond acceptors (Lipinski definition) is 7. The van der Waals surface area contributed by atoms with E-state index < -0.39 is 23.0 Å². The van der Waals surface area contributed by atoms with E-state index in [2.05, 4.69) is 6.58 Å². The molecule has 146 valence electrons. The number of phenolic OH excluding ortho intramolecular Hbond substituents is 2. The van der Waals surface area contributed by atoms with Gasteiger partial charge in [-0.15, -0.1) is 0 Å². The second-order valence-electron chi connectivity index (χ2n) is 6.50. The molecule has 2 aromatic carbocycles. The summed E-state index contributed by atoms with van der Waals surface area (Å²) in [6, 6.07) is 7.42. The van der Waals surface area contributed by atoms with Gasteiger partial charge in [0.2, 0.25) is 11.2 Å². The molecule has 0 aliphatic carbocycles. The molecule has 0 fully saturated rings. The van der Waals surface area contributed by atoms with E-state index in [1.165, 1.54) is 7.11 Å². The molecule has 3 rings (SSSR count). The fourth-order valence-electron chi connectivity index (χ4n) is 2.88. The van der Waals surface area contributed by atoms with Crippen molar-refractivity contribution in [3.05, 3.63) is 58.3 Å². The van der Waals surface area contributed by atoms with Crippen LogP contribution in [0.4, 0.5) is 0 Å². The molecule has 7 heteroatoms. The van der Waals surface area contributed by atoms with Crippen LogP contribution >= 0.6 is 0 Å². The van der Waals surface area contributed by atoms with Crippen LogP contribution in [0.3, 0.4) is 0 Å².